The predicted octanol–water partition coefficient (Wildman–Crippen LogP) is 1.98. The van der Waals surface area contributed by atoms with Crippen molar-refractivity contribution in [2.75, 3.05) is 6.54 Å². The molecule has 0 heterocycles. The number of benzene rings is 1. The molecule has 1 fully saturated rings. The molecule has 1 unspecified atom stereocenters. The van der Waals surface area contributed by atoms with E-state index >= 15 is 0 Å². The van der Waals surface area contributed by atoms with Gasteiger partial charge in [-0.1, -0.05) is 18.9 Å². The molecule has 0 radical (unpaired) electrons. The topological polar surface area (TPSA) is 69.6 Å². The van der Waals surface area contributed by atoms with Gasteiger partial charge in [-0.05, 0) is 25.8 Å². The average molecular weight is 313 g/mol. The van der Waals surface area contributed by atoms with E-state index in [2.05, 4.69) is 5.32 Å². The Morgan fingerprint density at radius 3 is 2.59 bits per heavy atom. The zero-order valence-corrected chi connectivity index (χ0v) is 12.5. The van der Waals surface area contributed by atoms with Crippen LogP contribution in [0.3, 0.4) is 0 Å². The second-order valence-electron chi connectivity index (χ2n) is 6.28. The lowest BCUT2D eigenvalue weighted by Gasteiger charge is -2.26. The number of halogens is 2. The van der Waals surface area contributed by atoms with Crippen LogP contribution in [0.1, 0.15) is 44.6 Å². The van der Waals surface area contributed by atoms with Crippen molar-refractivity contribution in [1.29, 1.82) is 0 Å². The fourth-order valence-corrected chi connectivity index (χ4v) is 2.86. The Kier molecular flexibility index (Phi) is 4.82. The van der Waals surface area contributed by atoms with Crippen LogP contribution in [0.25, 0.3) is 0 Å². The summed E-state index contributed by atoms with van der Waals surface area (Å²) in [5, 5.41) is 23.0. The number of nitrogens with one attached hydrogen (secondary N) is 1. The summed E-state index contributed by atoms with van der Waals surface area (Å²) in [6.45, 7) is 1.12. The van der Waals surface area contributed by atoms with E-state index in [4.69, 9.17) is 0 Å². The third-order valence-corrected chi connectivity index (χ3v) is 4.17. The Morgan fingerprint density at radius 2 is 2.00 bits per heavy atom. The van der Waals surface area contributed by atoms with Gasteiger partial charge in [0.2, 0.25) is 5.91 Å². The Hall–Kier alpha value is -1.53. The van der Waals surface area contributed by atoms with E-state index in [9.17, 15) is 23.8 Å². The highest BCUT2D eigenvalue weighted by atomic mass is 19.1. The fraction of sp³-hybridized carbons (Fsp3) is 0.562. The standard InChI is InChI=1S/C16H21F2NO3/c1-15(21,12-5-4-11(17)8-13(12)18)10-19-14(20)9-16(22)6-2-3-7-16/h4-5,8,21-22H,2-3,6-7,9-10H2,1H3,(H,19,20). The van der Waals surface area contributed by atoms with E-state index in [1.54, 1.807) is 0 Å². The van der Waals surface area contributed by atoms with Gasteiger partial charge in [-0.3, -0.25) is 4.79 Å². The first-order valence-electron chi connectivity index (χ1n) is 7.39. The number of hydrogen-bond donors (Lipinski definition) is 3. The van der Waals surface area contributed by atoms with Crippen molar-refractivity contribution in [3.63, 3.8) is 0 Å². The van der Waals surface area contributed by atoms with Gasteiger partial charge in [0.05, 0.1) is 18.6 Å². The molecule has 3 N–H and O–H groups in total. The molecule has 1 aliphatic rings. The van der Waals surface area contributed by atoms with Crippen molar-refractivity contribution in [3.8, 4) is 0 Å². The largest absolute Gasteiger partial charge is 0.389 e. The minimum atomic E-state index is -1.66. The van der Waals surface area contributed by atoms with Crippen molar-refractivity contribution in [2.24, 2.45) is 0 Å². The molecule has 0 aliphatic heterocycles. The molecule has 1 atom stereocenters. The lowest BCUT2D eigenvalue weighted by molar-refractivity contribution is -0.127. The van der Waals surface area contributed by atoms with E-state index in [0.29, 0.717) is 18.9 Å². The number of carbonyl (C=O) groups excluding carboxylic acids is 1. The lowest BCUT2D eigenvalue weighted by atomic mass is 9.94. The molecular formula is C16H21F2NO3. The molecule has 1 amide bonds. The van der Waals surface area contributed by atoms with Gasteiger partial charge in [0.15, 0.2) is 0 Å². The fourth-order valence-electron chi connectivity index (χ4n) is 2.86. The minimum absolute atomic E-state index is 0.0328. The SMILES string of the molecule is CC(O)(CNC(=O)CC1(O)CCCC1)c1ccc(F)cc1F. The van der Waals surface area contributed by atoms with Crippen LogP contribution in [0.5, 0.6) is 0 Å². The number of amides is 1. The first-order valence-corrected chi connectivity index (χ1v) is 7.39. The Morgan fingerprint density at radius 1 is 1.36 bits per heavy atom. The zero-order chi connectivity index (χ0) is 16.4. The first-order chi connectivity index (χ1) is 10.2. The molecular weight excluding hydrogens is 292 g/mol. The number of hydrogen-bond acceptors (Lipinski definition) is 3. The highest BCUT2D eigenvalue weighted by molar-refractivity contribution is 5.77. The summed E-state index contributed by atoms with van der Waals surface area (Å²) in [4.78, 5) is 11.9. The van der Waals surface area contributed by atoms with E-state index in [1.165, 1.54) is 6.92 Å². The predicted molar refractivity (Wildman–Crippen MR) is 77.0 cm³/mol. The van der Waals surface area contributed by atoms with Crippen molar-refractivity contribution in [1.82, 2.24) is 5.32 Å². The molecule has 1 aromatic carbocycles. The molecule has 0 aromatic heterocycles. The van der Waals surface area contributed by atoms with Crippen LogP contribution in [-0.4, -0.2) is 28.3 Å². The van der Waals surface area contributed by atoms with E-state index in [1.807, 2.05) is 0 Å². The molecule has 1 aliphatic carbocycles. The molecule has 1 aromatic rings. The van der Waals surface area contributed by atoms with Crippen molar-refractivity contribution in [3.05, 3.63) is 35.4 Å². The summed E-state index contributed by atoms with van der Waals surface area (Å²) in [5.74, 6) is -1.99. The Bertz CT molecular complexity index is 554. The molecule has 122 valence electrons. The van der Waals surface area contributed by atoms with Crippen LogP contribution < -0.4 is 5.32 Å². The highest BCUT2D eigenvalue weighted by Crippen LogP contribution is 2.32. The van der Waals surface area contributed by atoms with Gasteiger partial charge in [0.25, 0.3) is 0 Å². The summed E-state index contributed by atoms with van der Waals surface area (Å²) in [6.07, 6.45) is 2.92. The van der Waals surface area contributed by atoms with Gasteiger partial charge in [-0.2, -0.15) is 0 Å². The maximum atomic E-state index is 13.7. The number of aliphatic hydroxyl groups is 2. The van der Waals surface area contributed by atoms with Gasteiger partial charge in [-0.25, -0.2) is 8.78 Å². The van der Waals surface area contributed by atoms with Crippen LogP contribution in [0, 0.1) is 11.6 Å². The van der Waals surface area contributed by atoms with E-state index in [-0.39, 0.29) is 18.5 Å². The second-order valence-corrected chi connectivity index (χ2v) is 6.28. The van der Waals surface area contributed by atoms with Gasteiger partial charge >= 0.3 is 0 Å². The molecule has 1 saturated carbocycles. The molecule has 6 heteroatoms. The molecule has 0 bridgehead atoms. The Balaban J connectivity index is 1.95. The van der Waals surface area contributed by atoms with Crippen molar-refractivity contribution in [2.45, 2.75) is 50.2 Å². The zero-order valence-electron chi connectivity index (χ0n) is 12.5. The summed E-state index contributed by atoms with van der Waals surface area (Å²) in [6, 6.07) is 2.89. The maximum Gasteiger partial charge on any atom is 0.223 e. The maximum absolute atomic E-state index is 13.7. The monoisotopic (exact) mass is 313 g/mol. The third-order valence-electron chi connectivity index (χ3n) is 4.17. The van der Waals surface area contributed by atoms with Crippen molar-refractivity contribution >= 4 is 5.91 Å². The van der Waals surface area contributed by atoms with Gasteiger partial charge in [0, 0.05) is 11.6 Å². The van der Waals surface area contributed by atoms with Gasteiger partial charge < -0.3 is 15.5 Å². The highest BCUT2D eigenvalue weighted by Gasteiger charge is 2.34. The normalized spacial score (nSPS) is 19.7. The molecule has 2 rings (SSSR count). The molecule has 0 spiro atoms. The Labute approximate surface area is 128 Å². The summed E-state index contributed by atoms with van der Waals surface area (Å²) >= 11 is 0. The quantitative estimate of drug-likeness (QED) is 0.778. The van der Waals surface area contributed by atoms with Crippen LogP contribution in [0.15, 0.2) is 18.2 Å². The van der Waals surface area contributed by atoms with Crippen molar-refractivity contribution < 1.29 is 23.8 Å². The lowest BCUT2D eigenvalue weighted by Crippen LogP contribution is -2.42. The summed E-state index contributed by atoms with van der Waals surface area (Å²) in [7, 11) is 0. The third kappa shape index (κ3) is 4.01. The van der Waals surface area contributed by atoms with E-state index in [0.717, 1.165) is 25.0 Å². The minimum Gasteiger partial charge on any atom is -0.389 e. The second kappa shape index (κ2) is 6.30. The van der Waals surface area contributed by atoms with Crippen LogP contribution in [-0.2, 0) is 10.4 Å². The number of carbonyl (C=O) groups is 1. The van der Waals surface area contributed by atoms with Gasteiger partial charge in [0.1, 0.15) is 17.2 Å². The molecule has 0 saturated heterocycles. The molecule has 4 nitrogen and oxygen atoms in total. The van der Waals surface area contributed by atoms with Gasteiger partial charge in [-0.15, -0.1) is 0 Å². The average Bonchev–Trinajstić information content (AvgIpc) is 2.82. The number of rotatable bonds is 5. The van der Waals surface area contributed by atoms with Crippen LogP contribution in [0.2, 0.25) is 0 Å². The summed E-state index contributed by atoms with van der Waals surface area (Å²) < 4.78 is 26.6. The van der Waals surface area contributed by atoms with Crippen LogP contribution in [0.4, 0.5) is 8.78 Å². The summed E-state index contributed by atoms with van der Waals surface area (Å²) in [5.41, 5.74) is -2.73. The first kappa shape index (κ1) is 16.8. The van der Waals surface area contributed by atoms with E-state index < -0.39 is 28.7 Å². The van der Waals surface area contributed by atoms with Crippen LogP contribution >= 0.6 is 0 Å². The molecule has 22 heavy (non-hydrogen) atoms. The smallest absolute Gasteiger partial charge is 0.223 e.